The molecule has 4 aromatic rings. The lowest BCUT2D eigenvalue weighted by molar-refractivity contribution is -0.129. The first-order valence-corrected chi connectivity index (χ1v) is 16.6. The van der Waals surface area contributed by atoms with Crippen LogP contribution in [0.15, 0.2) is 79.0 Å². The Balaban J connectivity index is 1.28. The molecule has 1 aliphatic rings. The monoisotopic (exact) mass is 628 g/mol. The van der Waals surface area contributed by atoms with Gasteiger partial charge in [0.25, 0.3) is 0 Å². The van der Waals surface area contributed by atoms with Gasteiger partial charge >= 0.3 is 0 Å². The van der Waals surface area contributed by atoms with Crippen LogP contribution in [-0.2, 0) is 11.2 Å². The van der Waals surface area contributed by atoms with Crippen molar-refractivity contribution in [2.24, 2.45) is 0 Å². The van der Waals surface area contributed by atoms with E-state index in [1.54, 1.807) is 6.92 Å². The Hall–Kier alpha value is -3.81. The minimum Gasteiger partial charge on any atom is -0.494 e. The van der Waals surface area contributed by atoms with Crippen molar-refractivity contribution >= 4 is 17.5 Å². The van der Waals surface area contributed by atoms with Crippen molar-refractivity contribution in [2.75, 3.05) is 45.9 Å². The van der Waals surface area contributed by atoms with Crippen molar-refractivity contribution < 1.29 is 14.3 Å². The van der Waals surface area contributed by atoms with Crippen LogP contribution in [-0.4, -0.2) is 71.2 Å². The Morgan fingerprint density at radius 3 is 2.13 bits per heavy atom. The number of carbonyl (C=O) groups excluding carboxylic acids is 1. The molecule has 238 valence electrons. The lowest BCUT2D eigenvalue weighted by Gasteiger charge is -2.31. The van der Waals surface area contributed by atoms with Gasteiger partial charge in [0, 0.05) is 61.4 Å². The van der Waals surface area contributed by atoms with E-state index in [9.17, 15) is 4.79 Å². The van der Waals surface area contributed by atoms with Crippen LogP contribution in [0.4, 0.5) is 0 Å². The normalized spacial score (nSPS) is 13.8. The highest BCUT2D eigenvalue weighted by Gasteiger charge is 2.26. The van der Waals surface area contributed by atoms with Gasteiger partial charge in [0.1, 0.15) is 17.3 Å². The highest BCUT2D eigenvalue weighted by molar-refractivity contribution is 6.30. The van der Waals surface area contributed by atoms with Crippen LogP contribution in [0.1, 0.15) is 57.3 Å². The zero-order valence-corrected chi connectivity index (χ0v) is 27.5. The molecule has 1 fully saturated rings. The quantitative estimate of drug-likeness (QED) is 0.134. The van der Waals surface area contributed by atoms with Crippen molar-refractivity contribution in [1.82, 2.24) is 19.4 Å². The maximum atomic E-state index is 12.0. The number of imidazole rings is 1. The topological polar surface area (TPSA) is 59.8 Å². The van der Waals surface area contributed by atoms with Crippen molar-refractivity contribution in [3.05, 3.63) is 95.4 Å². The van der Waals surface area contributed by atoms with Gasteiger partial charge in [-0.25, -0.2) is 4.98 Å². The Labute approximate surface area is 272 Å². The van der Waals surface area contributed by atoms with Crippen molar-refractivity contribution in [3.8, 4) is 28.4 Å². The SMILES string of the molecule is CCN(CC)CCCOc1ccc(-n2cc(-c3ccc(OCCc4ccc(Cl)cc4)cc3)nc2C2CCN(C(C)=O)CC2)cc1. The molecule has 1 aliphatic heterocycles. The predicted molar refractivity (Wildman–Crippen MR) is 182 cm³/mol. The van der Waals surface area contributed by atoms with Gasteiger partial charge in [-0.05, 0) is 98.6 Å². The van der Waals surface area contributed by atoms with Gasteiger partial charge in [-0.3, -0.25) is 4.79 Å². The molecular weight excluding hydrogens is 584 g/mol. The third-order valence-corrected chi connectivity index (χ3v) is 8.91. The van der Waals surface area contributed by atoms with E-state index in [-0.39, 0.29) is 11.8 Å². The van der Waals surface area contributed by atoms with Gasteiger partial charge < -0.3 is 23.8 Å². The zero-order valence-electron chi connectivity index (χ0n) is 26.8. The van der Waals surface area contributed by atoms with Gasteiger partial charge in [-0.1, -0.05) is 37.6 Å². The fourth-order valence-corrected chi connectivity index (χ4v) is 5.99. The van der Waals surface area contributed by atoms with Crippen molar-refractivity contribution in [2.45, 2.75) is 52.4 Å². The summed E-state index contributed by atoms with van der Waals surface area (Å²) in [6, 6.07) is 24.3. The molecule has 1 amide bonds. The number of halogens is 1. The molecule has 0 spiro atoms. The van der Waals surface area contributed by atoms with Gasteiger partial charge in [-0.2, -0.15) is 0 Å². The molecule has 1 aromatic heterocycles. The first-order chi connectivity index (χ1) is 21.9. The van der Waals surface area contributed by atoms with E-state index >= 15 is 0 Å². The Morgan fingerprint density at radius 1 is 0.889 bits per heavy atom. The molecule has 8 heteroatoms. The van der Waals surface area contributed by atoms with Gasteiger partial charge in [0.05, 0.1) is 18.9 Å². The number of benzene rings is 3. The van der Waals surface area contributed by atoms with Gasteiger partial charge in [0.15, 0.2) is 0 Å². The van der Waals surface area contributed by atoms with E-state index in [1.807, 2.05) is 53.4 Å². The second-order valence-corrected chi connectivity index (χ2v) is 12.0. The summed E-state index contributed by atoms with van der Waals surface area (Å²) >= 11 is 6.00. The molecule has 1 saturated heterocycles. The van der Waals surface area contributed by atoms with E-state index in [1.165, 1.54) is 5.56 Å². The average molecular weight is 629 g/mol. The summed E-state index contributed by atoms with van der Waals surface area (Å²) in [5.74, 6) is 3.14. The van der Waals surface area contributed by atoms with E-state index in [0.717, 1.165) is 97.7 Å². The Kier molecular flexibility index (Phi) is 11.6. The van der Waals surface area contributed by atoms with E-state index in [4.69, 9.17) is 26.1 Å². The summed E-state index contributed by atoms with van der Waals surface area (Å²) in [4.78, 5) is 21.5. The van der Waals surface area contributed by atoms with Crippen LogP contribution in [0.2, 0.25) is 5.02 Å². The molecule has 0 aliphatic carbocycles. The average Bonchev–Trinajstić information content (AvgIpc) is 3.52. The number of amides is 1. The third-order valence-electron chi connectivity index (χ3n) is 8.66. The molecule has 0 atom stereocenters. The summed E-state index contributed by atoms with van der Waals surface area (Å²) in [6.45, 7) is 12.0. The molecule has 0 N–H and O–H groups in total. The number of piperidine rings is 1. The first kappa shape index (κ1) is 32.6. The number of hydrogen-bond acceptors (Lipinski definition) is 5. The minimum absolute atomic E-state index is 0.139. The number of ether oxygens (including phenoxy) is 2. The fourth-order valence-electron chi connectivity index (χ4n) is 5.86. The fraction of sp³-hybridized carbons (Fsp3) is 0.405. The molecular formula is C37H45ClN4O3. The second kappa shape index (κ2) is 16.0. The second-order valence-electron chi connectivity index (χ2n) is 11.6. The van der Waals surface area contributed by atoms with E-state index < -0.39 is 0 Å². The van der Waals surface area contributed by atoms with Gasteiger partial charge in [-0.15, -0.1) is 0 Å². The van der Waals surface area contributed by atoms with Crippen LogP contribution >= 0.6 is 11.6 Å². The van der Waals surface area contributed by atoms with Crippen molar-refractivity contribution in [1.29, 1.82) is 0 Å². The molecule has 2 heterocycles. The third kappa shape index (κ3) is 8.89. The minimum atomic E-state index is 0.139. The largest absolute Gasteiger partial charge is 0.494 e. The Bertz CT molecular complexity index is 1490. The van der Waals surface area contributed by atoms with Crippen LogP contribution in [0, 0.1) is 0 Å². The molecule has 0 bridgehead atoms. The number of aromatic nitrogens is 2. The zero-order chi connectivity index (χ0) is 31.6. The molecule has 3 aromatic carbocycles. The van der Waals surface area contributed by atoms with Crippen LogP contribution < -0.4 is 9.47 Å². The summed E-state index contributed by atoms with van der Waals surface area (Å²) in [5.41, 5.74) is 4.20. The molecule has 0 saturated carbocycles. The highest BCUT2D eigenvalue weighted by atomic mass is 35.5. The summed E-state index contributed by atoms with van der Waals surface area (Å²) < 4.78 is 14.3. The standard InChI is InChI=1S/C37H45ClN4O3/c1-4-40(5-2)22-6-25-44-35-17-13-33(14-18-35)42-27-36(39-37(42)31-19-23-41(24-20-31)28(3)43)30-9-15-34(16-10-30)45-26-21-29-7-11-32(38)12-8-29/h7-18,27,31H,4-6,19-26H2,1-3H3. The molecule has 45 heavy (non-hydrogen) atoms. The van der Waals surface area contributed by atoms with E-state index in [0.29, 0.717) is 13.2 Å². The number of nitrogens with zero attached hydrogens (tertiary/aromatic N) is 4. The van der Waals surface area contributed by atoms with Crippen LogP contribution in [0.25, 0.3) is 16.9 Å². The number of carbonyl (C=O) groups is 1. The molecule has 0 radical (unpaired) electrons. The first-order valence-electron chi connectivity index (χ1n) is 16.2. The van der Waals surface area contributed by atoms with Gasteiger partial charge in [0.2, 0.25) is 5.91 Å². The molecule has 7 nitrogen and oxygen atoms in total. The maximum absolute atomic E-state index is 12.0. The summed E-state index contributed by atoms with van der Waals surface area (Å²) in [5, 5.41) is 0.741. The number of rotatable bonds is 14. The predicted octanol–water partition coefficient (Wildman–Crippen LogP) is 7.65. The van der Waals surface area contributed by atoms with Crippen LogP contribution in [0.5, 0.6) is 11.5 Å². The van der Waals surface area contributed by atoms with Crippen LogP contribution in [0.3, 0.4) is 0 Å². The lowest BCUT2D eigenvalue weighted by atomic mass is 9.95. The summed E-state index contributed by atoms with van der Waals surface area (Å²) in [7, 11) is 0. The molecule has 5 rings (SSSR count). The number of likely N-dealkylation sites (tertiary alicyclic amines) is 1. The summed E-state index contributed by atoms with van der Waals surface area (Å²) in [6.07, 6.45) is 5.73. The Morgan fingerprint density at radius 2 is 1.51 bits per heavy atom. The van der Waals surface area contributed by atoms with E-state index in [2.05, 4.69) is 53.8 Å². The number of hydrogen-bond donors (Lipinski definition) is 0. The maximum Gasteiger partial charge on any atom is 0.219 e. The molecule has 0 unspecified atom stereocenters. The lowest BCUT2D eigenvalue weighted by Crippen LogP contribution is -2.36. The highest BCUT2D eigenvalue weighted by Crippen LogP contribution is 2.33. The van der Waals surface area contributed by atoms with Crippen molar-refractivity contribution in [3.63, 3.8) is 0 Å². The smallest absolute Gasteiger partial charge is 0.219 e.